The van der Waals surface area contributed by atoms with Crippen LogP contribution in [0.1, 0.15) is 0 Å². The second kappa shape index (κ2) is 2.99. The average molecular weight is 206 g/mol. The Morgan fingerprint density at radius 2 is 1.44 bits per heavy atom. The van der Waals surface area contributed by atoms with Gasteiger partial charge in [0.1, 0.15) is 0 Å². The van der Waals surface area contributed by atoms with E-state index in [2.05, 4.69) is 19.6 Å². The Kier molecular flexibility index (Phi) is 3.36. The molecule has 0 N–H and O–H groups in total. The van der Waals surface area contributed by atoms with Crippen LogP contribution in [0.3, 0.4) is 0 Å². The van der Waals surface area contributed by atoms with Crippen molar-refractivity contribution in [1.82, 2.24) is 0 Å². The van der Waals surface area contributed by atoms with E-state index in [1.165, 1.54) is 0 Å². The third-order valence-corrected chi connectivity index (χ3v) is 3.40. The molecule has 0 radical (unpaired) electrons. The fraction of sp³-hybridized carbons (Fsp3) is 1.00. The zero-order valence-corrected chi connectivity index (χ0v) is 9.11. The first kappa shape index (κ1) is 10.1. The molecule has 0 heterocycles. The van der Waals surface area contributed by atoms with Crippen LogP contribution in [0.2, 0.25) is 25.7 Å². The second-order valence-corrected chi connectivity index (χ2v) is 11.3. The third kappa shape index (κ3) is 9.09. The van der Waals surface area contributed by atoms with Gasteiger partial charge in [0.2, 0.25) is 0 Å². The van der Waals surface area contributed by atoms with Gasteiger partial charge in [0.05, 0.1) is 0 Å². The van der Waals surface area contributed by atoms with Crippen LogP contribution in [0.4, 0.5) is 0 Å². The monoisotopic (exact) mass is 204 g/mol. The summed E-state index contributed by atoms with van der Waals surface area (Å²) in [5.74, 6) is 0. The van der Waals surface area contributed by atoms with Crippen molar-refractivity contribution in [3.05, 3.63) is 0 Å². The summed E-state index contributed by atoms with van der Waals surface area (Å²) in [5, 5.41) is 0. The maximum atomic E-state index is 5.58. The predicted octanol–water partition coefficient (Wildman–Crippen LogP) is 3.69. The molecule has 0 spiro atoms. The minimum Gasteiger partial charge on any atom is -0.0840 e. The second-order valence-electron chi connectivity index (χ2n) is 3.35. The molecular weight excluding hydrogens is 194 g/mol. The molecule has 0 fully saturated rings. The van der Waals surface area contributed by atoms with Gasteiger partial charge in [-0.15, -0.1) is 0 Å². The lowest BCUT2D eigenvalue weighted by atomic mass is 10.9. The van der Waals surface area contributed by atoms with Crippen molar-refractivity contribution >= 4 is 42.9 Å². The standard InChI is InChI=1S/C5H11Cl3Si/c1-9(2,3)4-5(6,7)8/h4H2,1-3H3. The predicted molar refractivity (Wildman–Crippen MR) is 48.4 cm³/mol. The highest BCUT2D eigenvalue weighted by Crippen LogP contribution is 2.35. The minimum atomic E-state index is -1.19. The van der Waals surface area contributed by atoms with Crippen molar-refractivity contribution in [3.63, 3.8) is 0 Å². The molecule has 9 heavy (non-hydrogen) atoms. The summed E-state index contributed by atoms with van der Waals surface area (Å²) in [6.07, 6.45) is 0. The van der Waals surface area contributed by atoms with Crippen molar-refractivity contribution in [1.29, 1.82) is 0 Å². The molecule has 0 bridgehead atoms. The van der Waals surface area contributed by atoms with E-state index in [9.17, 15) is 0 Å². The molecule has 0 rings (SSSR count). The van der Waals surface area contributed by atoms with Crippen LogP contribution in [0, 0.1) is 0 Å². The molecule has 0 amide bonds. The van der Waals surface area contributed by atoms with Crippen molar-refractivity contribution in [2.24, 2.45) is 0 Å². The van der Waals surface area contributed by atoms with Gasteiger partial charge in [-0.3, -0.25) is 0 Å². The summed E-state index contributed by atoms with van der Waals surface area (Å²) in [5.41, 5.74) is 0. The highest BCUT2D eigenvalue weighted by atomic mass is 35.6. The summed E-state index contributed by atoms with van der Waals surface area (Å²) < 4.78 is -1.04. The van der Waals surface area contributed by atoms with Crippen LogP contribution < -0.4 is 0 Å². The molecule has 0 nitrogen and oxygen atoms in total. The molecule has 0 unspecified atom stereocenters. The molecule has 0 saturated carbocycles. The van der Waals surface area contributed by atoms with E-state index in [0.29, 0.717) is 0 Å². The lowest BCUT2D eigenvalue weighted by Crippen LogP contribution is -2.26. The van der Waals surface area contributed by atoms with Crippen molar-refractivity contribution in [2.75, 3.05) is 0 Å². The molecular formula is C5H11Cl3Si. The van der Waals surface area contributed by atoms with Gasteiger partial charge < -0.3 is 0 Å². The summed E-state index contributed by atoms with van der Waals surface area (Å²) in [7, 11) is -1.19. The zero-order valence-electron chi connectivity index (χ0n) is 5.84. The van der Waals surface area contributed by atoms with Crippen LogP contribution >= 0.6 is 34.8 Å². The third-order valence-electron chi connectivity index (χ3n) is 0.731. The molecule has 0 aliphatic heterocycles. The number of hydrogen-bond donors (Lipinski definition) is 0. The van der Waals surface area contributed by atoms with Crippen molar-refractivity contribution < 1.29 is 0 Å². The maximum absolute atomic E-state index is 5.58. The van der Waals surface area contributed by atoms with E-state index in [1.807, 2.05) is 0 Å². The zero-order chi connectivity index (χ0) is 7.71. The normalized spacial score (nSPS) is 14.0. The minimum absolute atomic E-state index is 0.727. The quantitative estimate of drug-likeness (QED) is 0.452. The van der Waals surface area contributed by atoms with Gasteiger partial charge in [0.15, 0.2) is 3.79 Å². The number of halogens is 3. The molecule has 4 heteroatoms. The molecule has 0 aromatic carbocycles. The van der Waals surface area contributed by atoms with Crippen LogP contribution in [0.25, 0.3) is 0 Å². The fourth-order valence-corrected chi connectivity index (χ4v) is 5.41. The van der Waals surface area contributed by atoms with Crippen LogP contribution in [0.15, 0.2) is 0 Å². The number of alkyl halides is 3. The summed E-state index contributed by atoms with van der Waals surface area (Å²) >= 11 is 16.8. The number of rotatable bonds is 1. The maximum Gasteiger partial charge on any atom is 0.188 e. The Hall–Kier alpha value is 1.09. The van der Waals surface area contributed by atoms with Crippen LogP contribution in [-0.2, 0) is 0 Å². The van der Waals surface area contributed by atoms with Gasteiger partial charge >= 0.3 is 0 Å². The van der Waals surface area contributed by atoms with Gasteiger partial charge in [-0.25, -0.2) is 0 Å². The van der Waals surface area contributed by atoms with Gasteiger partial charge in [-0.05, 0) is 6.04 Å². The molecule has 0 aliphatic rings. The first-order valence-electron chi connectivity index (χ1n) is 2.77. The summed E-state index contributed by atoms with van der Waals surface area (Å²) in [6, 6.07) is 0.727. The Morgan fingerprint density at radius 1 is 1.11 bits per heavy atom. The van der Waals surface area contributed by atoms with Gasteiger partial charge in [-0.1, -0.05) is 54.4 Å². The molecule has 0 aromatic rings. The van der Waals surface area contributed by atoms with Crippen molar-refractivity contribution in [2.45, 2.75) is 29.5 Å². The van der Waals surface area contributed by atoms with Crippen LogP contribution in [0.5, 0.6) is 0 Å². The Balaban J connectivity index is 3.75. The molecule has 0 aliphatic carbocycles. The lowest BCUT2D eigenvalue weighted by Gasteiger charge is -2.20. The molecule has 0 atom stereocenters. The van der Waals surface area contributed by atoms with Gasteiger partial charge in [-0.2, -0.15) is 0 Å². The van der Waals surface area contributed by atoms with Crippen LogP contribution in [-0.4, -0.2) is 11.9 Å². The van der Waals surface area contributed by atoms with E-state index in [0.717, 1.165) is 6.04 Å². The highest BCUT2D eigenvalue weighted by molar-refractivity contribution is 6.81. The largest absolute Gasteiger partial charge is 0.188 e. The Labute approximate surface area is 72.5 Å². The van der Waals surface area contributed by atoms with E-state index in [1.54, 1.807) is 0 Å². The van der Waals surface area contributed by atoms with E-state index in [4.69, 9.17) is 34.8 Å². The topological polar surface area (TPSA) is 0 Å². The van der Waals surface area contributed by atoms with Crippen molar-refractivity contribution in [3.8, 4) is 0 Å². The Morgan fingerprint density at radius 3 is 1.44 bits per heavy atom. The lowest BCUT2D eigenvalue weighted by molar-refractivity contribution is 1.19. The van der Waals surface area contributed by atoms with E-state index < -0.39 is 11.9 Å². The van der Waals surface area contributed by atoms with Gasteiger partial charge in [0.25, 0.3) is 0 Å². The molecule has 0 aromatic heterocycles. The SMILES string of the molecule is C[Si](C)(C)CC(Cl)(Cl)Cl. The smallest absolute Gasteiger partial charge is 0.0840 e. The number of hydrogen-bond acceptors (Lipinski definition) is 0. The Bertz CT molecular complexity index is 77.4. The first-order chi connectivity index (χ1) is 3.71. The average Bonchev–Trinajstić information content (AvgIpc) is 1.14. The first-order valence-corrected chi connectivity index (χ1v) is 7.62. The highest BCUT2D eigenvalue weighted by Gasteiger charge is 2.28. The van der Waals surface area contributed by atoms with E-state index >= 15 is 0 Å². The van der Waals surface area contributed by atoms with E-state index in [-0.39, 0.29) is 0 Å². The summed E-state index contributed by atoms with van der Waals surface area (Å²) in [6.45, 7) is 6.53. The fourth-order valence-electron chi connectivity index (χ4n) is 0.601. The molecule has 0 saturated heterocycles. The molecule has 56 valence electrons. The van der Waals surface area contributed by atoms with Gasteiger partial charge in [0, 0.05) is 8.07 Å². The summed E-state index contributed by atoms with van der Waals surface area (Å²) in [4.78, 5) is 0.